The molecule has 2 atom stereocenters. The first-order chi connectivity index (χ1) is 24.1. The van der Waals surface area contributed by atoms with Crippen molar-refractivity contribution >= 4 is 47.9 Å². The van der Waals surface area contributed by atoms with E-state index >= 15 is 0 Å². The van der Waals surface area contributed by atoms with Crippen LogP contribution < -0.4 is 20.3 Å². The van der Waals surface area contributed by atoms with Gasteiger partial charge in [-0.1, -0.05) is 12.1 Å². The standard InChI is InChI=1S/C37H38N6O7.H2S/c1-40(17-21-6-5-7-25-33(21)37(48)43(36(25)47)29-8-9-32(44)39-34(29)45)18-23-11-13-42(23)20-28-30(49-3)14-22(15-31(28)50-4)27-19-41(2)35(46)26-16-38-12-10-24(26)27;/h5-7,10,12,14-16,19,23,29H,8-9,11,13,17-18,20H2,1-4H3,(H,39,44,45);1H2/t23-,29?;/m0./s1. The summed E-state index contributed by atoms with van der Waals surface area (Å²) in [4.78, 5) is 73.5. The number of nitrogens with one attached hydrogen (secondary N) is 1. The van der Waals surface area contributed by atoms with Crippen LogP contribution in [0.15, 0.2) is 59.8 Å². The number of nitrogens with zero attached hydrogens (tertiary/aromatic N) is 5. The van der Waals surface area contributed by atoms with Crippen molar-refractivity contribution in [1.29, 1.82) is 0 Å². The number of likely N-dealkylation sites (tertiary alicyclic amines) is 1. The second kappa shape index (κ2) is 14.3. The van der Waals surface area contributed by atoms with Crippen molar-refractivity contribution in [2.45, 2.75) is 44.4 Å². The van der Waals surface area contributed by atoms with E-state index in [4.69, 9.17) is 9.47 Å². The quantitative estimate of drug-likeness (QED) is 0.244. The maximum atomic E-state index is 13.6. The van der Waals surface area contributed by atoms with E-state index in [9.17, 15) is 24.0 Å². The number of carbonyl (C=O) groups is 4. The molecule has 4 aromatic rings. The number of carbonyl (C=O) groups excluding carboxylic acids is 4. The maximum Gasteiger partial charge on any atom is 0.262 e. The molecule has 1 unspecified atom stereocenters. The smallest absolute Gasteiger partial charge is 0.262 e. The Balaban J connectivity index is 0.00000448. The molecule has 14 heteroatoms. The van der Waals surface area contributed by atoms with Gasteiger partial charge in [-0.2, -0.15) is 13.5 Å². The van der Waals surface area contributed by atoms with Gasteiger partial charge >= 0.3 is 0 Å². The van der Waals surface area contributed by atoms with Crippen LogP contribution in [0.3, 0.4) is 0 Å². The zero-order valence-electron chi connectivity index (χ0n) is 28.9. The highest BCUT2D eigenvalue weighted by Crippen LogP contribution is 2.39. The molecular weight excluding hydrogens is 673 g/mol. The fourth-order valence-corrected chi connectivity index (χ4v) is 7.38. The Bertz CT molecular complexity index is 2110. The van der Waals surface area contributed by atoms with Gasteiger partial charge in [0.05, 0.1) is 36.3 Å². The van der Waals surface area contributed by atoms with Gasteiger partial charge in [-0.25, -0.2) is 0 Å². The lowest BCUT2D eigenvalue weighted by atomic mass is 9.96. The van der Waals surface area contributed by atoms with Crippen molar-refractivity contribution in [3.8, 4) is 22.6 Å². The highest BCUT2D eigenvalue weighted by Gasteiger charge is 2.45. The molecule has 0 radical (unpaired) electrons. The first-order valence-electron chi connectivity index (χ1n) is 16.5. The Morgan fingerprint density at radius 3 is 2.37 bits per heavy atom. The second-order valence-electron chi connectivity index (χ2n) is 13.1. The summed E-state index contributed by atoms with van der Waals surface area (Å²) in [5.41, 5.74) is 3.83. The van der Waals surface area contributed by atoms with E-state index in [2.05, 4.69) is 20.1 Å². The number of pyridine rings is 2. The number of likely N-dealkylation sites (N-methyl/N-ethyl adjacent to an activating group) is 1. The molecule has 13 nitrogen and oxygen atoms in total. The second-order valence-corrected chi connectivity index (χ2v) is 13.1. The largest absolute Gasteiger partial charge is 0.496 e. The van der Waals surface area contributed by atoms with E-state index in [1.165, 1.54) is 0 Å². The monoisotopic (exact) mass is 712 g/mol. The number of amides is 4. The Morgan fingerprint density at radius 2 is 1.71 bits per heavy atom. The lowest BCUT2D eigenvalue weighted by Crippen LogP contribution is -2.54. The molecule has 2 fully saturated rings. The number of rotatable bonds is 10. The fraction of sp³-hybridized carbons (Fsp3) is 0.351. The molecule has 1 N–H and O–H groups in total. The summed E-state index contributed by atoms with van der Waals surface area (Å²) in [6.45, 7) is 2.63. The lowest BCUT2D eigenvalue weighted by Gasteiger charge is -2.43. The molecule has 51 heavy (non-hydrogen) atoms. The van der Waals surface area contributed by atoms with Gasteiger partial charge in [-0.3, -0.25) is 44.1 Å². The van der Waals surface area contributed by atoms with Crippen molar-refractivity contribution < 1.29 is 28.7 Å². The van der Waals surface area contributed by atoms with Crippen LogP contribution >= 0.6 is 13.5 Å². The number of hydrogen-bond donors (Lipinski definition) is 1. The Kier molecular flexibility index (Phi) is 10.0. The zero-order valence-corrected chi connectivity index (χ0v) is 29.9. The van der Waals surface area contributed by atoms with Crippen LogP contribution in [0.1, 0.15) is 51.1 Å². The third-order valence-corrected chi connectivity index (χ3v) is 10.0. The van der Waals surface area contributed by atoms with E-state index < -0.39 is 29.7 Å². The lowest BCUT2D eigenvalue weighted by molar-refractivity contribution is -0.136. The highest BCUT2D eigenvalue weighted by atomic mass is 32.1. The SMILES string of the molecule is COc1cc(-c2cn(C)c(=O)c3cnccc23)cc(OC)c1CN1CC[C@H]1CN(C)Cc1cccc2c1C(=O)N(C1CCC(=O)NC1=O)C2=O.S. The van der Waals surface area contributed by atoms with Crippen LogP contribution in [0, 0.1) is 0 Å². The van der Waals surface area contributed by atoms with Crippen LogP contribution in [-0.2, 0) is 29.7 Å². The van der Waals surface area contributed by atoms with Crippen LogP contribution in [0.5, 0.6) is 11.5 Å². The number of ether oxygens (including phenoxy) is 2. The third kappa shape index (κ3) is 6.39. The van der Waals surface area contributed by atoms with E-state index in [1.807, 2.05) is 37.5 Å². The molecule has 3 aliphatic rings. The van der Waals surface area contributed by atoms with E-state index in [1.54, 1.807) is 50.4 Å². The minimum atomic E-state index is -1.00. The Morgan fingerprint density at radius 1 is 0.961 bits per heavy atom. The molecule has 0 spiro atoms. The van der Waals surface area contributed by atoms with Gasteiger partial charge < -0.3 is 18.9 Å². The maximum absolute atomic E-state index is 13.6. The predicted molar refractivity (Wildman–Crippen MR) is 194 cm³/mol. The highest BCUT2D eigenvalue weighted by molar-refractivity contribution is 7.59. The number of hydrogen-bond acceptors (Lipinski definition) is 10. The number of aromatic nitrogens is 2. The molecule has 0 saturated carbocycles. The molecule has 7 rings (SSSR count). The summed E-state index contributed by atoms with van der Waals surface area (Å²) in [5, 5.41) is 3.57. The number of benzene rings is 2. The molecule has 3 aliphatic heterocycles. The van der Waals surface area contributed by atoms with Gasteiger partial charge in [0.25, 0.3) is 17.4 Å². The van der Waals surface area contributed by atoms with E-state index in [0.717, 1.165) is 39.9 Å². The van der Waals surface area contributed by atoms with Crippen LogP contribution in [0.2, 0.25) is 0 Å². The number of fused-ring (bicyclic) bond motifs is 2. The first-order valence-corrected chi connectivity index (χ1v) is 16.5. The normalized spacial score (nSPS) is 18.8. The minimum Gasteiger partial charge on any atom is -0.496 e. The van der Waals surface area contributed by atoms with Crippen LogP contribution in [0.4, 0.5) is 0 Å². The minimum absolute atomic E-state index is 0. The molecule has 5 heterocycles. The first kappa shape index (κ1) is 35.8. The molecule has 0 aliphatic carbocycles. The third-order valence-electron chi connectivity index (χ3n) is 10.0. The zero-order chi connectivity index (χ0) is 35.3. The van der Waals surface area contributed by atoms with Crippen molar-refractivity contribution in [2.24, 2.45) is 7.05 Å². The van der Waals surface area contributed by atoms with Crippen molar-refractivity contribution in [3.05, 3.63) is 87.6 Å². The summed E-state index contributed by atoms with van der Waals surface area (Å²) in [6, 6.07) is 10.2. The number of methoxy groups -OCH3 is 2. The fourth-order valence-electron chi connectivity index (χ4n) is 7.38. The van der Waals surface area contributed by atoms with Crippen molar-refractivity contribution in [2.75, 3.05) is 34.4 Å². The molecule has 266 valence electrons. The number of piperidine rings is 1. The molecule has 0 bridgehead atoms. The molecular formula is C37H40N6O7S. The molecule has 2 saturated heterocycles. The van der Waals surface area contributed by atoms with Crippen molar-refractivity contribution in [1.82, 2.24) is 29.6 Å². The van der Waals surface area contributed by atoms with Gasteiger partial charge in [-0.05, 0) is 60.7 Å². The predicted octanol–water partition coefficient (Wildman–Crippen LogP) is 2.84. The van der Waals surface area contributed by atoms with Gasteiger partial charge in [0.2, 0.25) is 11.8 Å². The van der Waals surface area contributed by atoms with E-state index in [0.29, 0.717) is 47.6 Å². The summed E-state index contributed by atoms with van der Waals surface area (Å²) in [7, 11) is 6.98. The van der Waals surface area contributed by atoms with Gasteiger partial charge in [0.15, 0.2) is 0 Å². The Labute approximate surface area is 301 Å². The number of aryl methyl sites for hydroxylation is 1. The summed E-state index contributed by atoms with van der Waals surface area (Å²) >= 11 is 0. The van der Waals surface area contributed by atoms with Gasteiger partial charge in [-0.15, -0.1) is 0 Å². The van der Waals surface area contributed by atoms with E-state index in [-0.39, 0.29) is 43.5 Å². The van der Waals surface area contributed by atoms with Gasteiger partial charge in [0.1, 0.15) is 17.5 Å². The average Bonchev–Trinajstić information content (AvgIpc) is 3.36. The average molecular weight is 713 g/mol. The van der Waals surface area contributed by atoms with Crippen LogP contribution in [-0.4, -0.2) is 94.3 Å². The number of imide groups is 2. The molecule has 2 aromatic carbocycles. The summed E-state index contributed by atoms with van der Waals surface area (Å²) < 4.78 is 13.4. The summed E-state index contributed by atoms with van der Waals surface area (Å²) in [5.74, 6) is -0.683. The molecule has 4 amide bonds. The van der Waals surface area contributed by atoms with Crippen LogP contribution in [0.25, 0.3) is 21.9 Å². The topological polar surface area (TPSA) is 143 Å². The van der Waals surface area contributed by atoms with Gasteiger partial charge in [0, 0.05) is 69.8 Å². The summed E-state index contributed by atoms with van der Waals surface area (Å²) in [6.07, 6.45) is 6.25. The molecule has 2 aromatic heterocycles. The van der Waals surface area contributed by atoms with Crippen molar-refractivity contribution in [3.63, 3.8) is 0 Å². The Hall–Kier alpha value is -5.05.